The summed E-state index contributed by atoms with van der Waals surface area (Å²) in [6.45, 7) is 0.0918. The van der Waals surface area contributed by atoms with Gasteiger partial charge in [0, 0.05) is 11.9 Å². The molecule has 0 aliphatic rings. The number of nitrogens with one attached hydrogen (secondary N) is 1. The minimum absolute atomic E-state index is 0.0918. The summed E-state index contributed by atoms with van der Waals surface area (Å²) in [5.41, 5.74) is 3.12. The lowest BCUT2D eigenvalue weighted by atomic mass is 10.1. The van der Waals surface area contributed by atoms with Gasteiger partial charge in [-0.15, -0.1) is 0 Å². The minimum atomic E-state index is 0.0918. The first-order valence-corrected chi connectivity index (χ1v) is 4.24. The highest BCUT2D eigenvalue weighted by Gasteiger charge is 1.97. The zero-order chi connectivity index (χ0) is 9.10. The molecular weight excluding hydrogens is 162 g/mol. The van der Waals surface area contributed by atoms with Gasteiger partial charge >= 0.3 is 0 Å². The van der Waals surface area contributed by atoms with Crippen molar-refractivity contribution in [2.24, 2.45) is 0 Å². The van der Waals surface area contributed by atoms with Crippen molar-refractivity contribution < 1.29 is 5.11 Å². The first kappa shape index (κ1) is 8.08. The Morgan fingerprint density at radius 2 is 2.08 bits per heavy atom. The standard InChI is InChI=1S/C11H11NO/c13-8-9-3-1-4-10(7-9)11-5-2-6-12-11/h1-7,12-13H,8H2. The van der Waals surface area contributed by atoms with Crippen LogP contribution in [-0.2, 0) is 6.61 Å². The van der Waals surface area contributed by atoms with E-state index in [0.717, 1.165) is 16.8 Å². The molecule has 0 saturated carbocycles. The van der Waals surface area contributed by atoms with Crippen LogP contribution < -0.4 is 0 Å². The average Bonchev–Trinajstić information content (AvgIpc) is 2.71. The summed E-state index contributed by atoms with van der Waals surface area (Å²) >= 11 is 0. The fourth-order valence-electron chi connectivity index (χ4n) is 1.35. The number of rotatable bonds is 2. The van der Waals surface area contributed by atoms with Crippen LogP contribution in [0.2, 0.25) is 0 Å². The Hall–Kier alpha value is -1.54. The van der Waals surface area contributed by atoms with Crippen molar-refractivity contribution in [1.29, 1.82) is 0 Å². The molecule has 2 heteroatoms. The second kappa shape index (κ2) is 3.46. The molecule has 0 fully saturated rings. The number of H-pyrrole nitrogens is 1. The Balaban J connectivity index is 2.41. The predicted molar refractivity (Wildman–Crippen MR) is 52.2 cm³/mol. The molecule has 66 valence electrons. The summed E-state index contributed by atoms with van der Waals surface area (Å²) in [6, 6.07) is 11.8. The second-order valence-electron chi connectivity index (χ2n) is 2.94. The van der Waals surface area contributed by atoms with Crippen LogP contribution >= 0.6 is 0 Å². The number of aliphatic hydroxyl groups excluding tert-OH is 1. The third-order valence-electron chi connectivity index (χ3n) is 2.02. The van der Waals surface area contributed by atoms with E-state index in [-0.39, 0.29) is 6.61 Å². The maximum atomic E-state index is 8.95. The van der Waals surface area contributed by atoms with Crippen LogP contribution in [0.1, 0.15) is 5.56 Å². The van der Waals surface area contributed by atoms with Crippen molar-refractivity contribution in [2.75, 3.05) is 0 Å². The molecule has 0 unspecified atom stereocenters. The Labute approximate surface area is 76.9 Å². The van der Waals surface area contributed by atoms with E-state index in [1.54, 1.807) is 0 Å². The summed E-state index contributed by atoms with van der Waals surface area (Å²) in [4.78, 5) is 3.12. The molecule has 0 radical (unpaired) electrons. The molecule has 0 bridgehead atoms. The molecule has 0 saturated heterocycles. The van der Waals surface area contributed by atoms with Crippen molar-refractivity contribution >= 4 is 0 Å². The molecule has 2 aromatic rings. The topological polar surface area (TPSA) is 36.0 Å². The van der Waals surface area contributed by atoms with Gasteiger partial charge in [0.1, 0.15) is 0 Å². The van der Waals surface area contributed by atoms with E-state index in [2.05, 4.69) is 4.98 Å². The fourth-order valence-corrected chi connectivity index (χ4v) is 1.35. The van der Waals surface area contributed by atoms with Gasteiger partial charge in [-0.3, -0.25) is 0 Å². The molecule has 0 aliphatic carbocycles. The predicted octanol–water partition coefficient (Wildman–Crippen LogP) is 2.17. The molecule has 0 spiro atoms. The maximum Gasteiger partial charge on any atom is 0.0682 e. The zero-order valence-corrected chi connectivity index (χ0v) is 7.20. The molecule has 1 heterocycles. The van der Waals surface area contributed by atoms with Crippen LogP contribution in [-0.4, -0.2) is 10.1 Å². The lowest BCUT2D eigenvalue weighted by molar-refractivity contribution is 0.282. The van der Waals surface area contributed by atoms with Gasteiger partial charge in [0.2, 0.25) is 0 Å². The molecule has 2 nitrogen and oxygen atoms in total. The van der Waals surface area contributed by atoms with E-state index < -0.39 is 0 Å². The molecule has 1 aromatic heterocycles. The highest BCUT2D eigenvalue weighted by atomic mass is 16.3. The molecule has 0 amide bonds. The number of aromatic amines is 1. The quantitative estimate of drug-likeness (QED) is 0.717. The summed E-state index contributed by atoms with van der Waals surface area (Å²) in [5.74, 6) is 0. The first-order chi connectivity index (χ1) is 6.40. The van der Waals surface area contributed by atoms with Crippen LogP contribution in [0.4, 0.5) is 0 Å². The normalized spacial score (nSPS) is 10.2. The van der Waals surface area contributed by atoms with Crippen LogP contribution in [0.5, 0.6) is 0 Å². The highest BCUT2D eigenvalue weighted by Crippen LogP contribution is 2.17. The van der Waals surface area contributed by atoms with E-state index in [4.69, 9.17) is 5.11 Å². The van der Waals surface area contributed by atoms with Crippen LogP contribution in [0.25, 0.3) is 11.3 Å². The van der Waals surface area contributed by atoms with Crippen LogP contribution in [0, 0.1) is 0 Å². The second-order valence-corrected chi connectivity index (χ2v) is 2.94. The number of benzene rings is 1. The maximum absolute atomic E-state index is 8.95. The molecular formula is C11H11NO. The van der Waals surface area contributed by atoms with Gasteiger partial charge in [0.15, 0.2) is 0 Å². The lowest BCUT2D eigenvalue weighted by Crippen LogP contribution is -1.83. The van der Waals surface area contributed by atoms with Gasteiger partial charge in [-0.25, -0.2) is 0 Å². The monoisotopic (exact) mass is 173 g/mol. The fraction of sp³-hybridized carbons (Fsp3) is 0.0909. The van der Waals surface area contributed by atoms with Crippen LogP contribution in [0.3, 0.4) is 0 Å². The van der Waals surface area contributed by atoms with Gasteiger partial charge in [-0.2, -0.15) is 0 Å². The van der Waals surface area contributed by atoms with Crippen molar-refractivity contribution in [3.8, 4) is 11.3 Å². The summed E-state index contributed by atoms with van der Waals surface area (Å²) in [7, 11) is 0. The minimum Gasteiger partial charge on any atom is -0.392 e. The van der Waals surface area contributed by atoms with Crippen molar-refractivity contribution in [3.63, 3.8) is 0 Å². The number of hydrogen-bond acceptors (Lipinski definition) is 1. The number of aromatic nitrogens is 1. The third-order valence-corrected chi connectivity index (χ3v) is 2.02. The smallest absolute Gasteiger partial charge is 0.0682 e. The highest BCUT2D eigenvalue weighted by molar-refractivity contribution is 5.59. The number of aliphatic hydroxyl groups is 1. The van der Waals surface area contributed by atoms with Gasteiger partial charge in [0.05, 0.1) is 6.61 Å². The molecule has 2 rings (SSSR count). The van der Waals surface area contributed by atoms with Gasteiger partial charge in [-0.05, 0) is 29.3 Å². The SMILES string of the molecule is OCc1cccc(-c2ccc[nH]2)c1. The van der Waals surface area contributed by atoms with E-state index in [9.17, 15) is 0 Å². The summed E-state index contributed by atoms with van der Waals surface area (Å²) in [6.07, 6.45) is 1.89. The van der Waals surface area contributed by atoms with Gasteiger partial charge in [-0.1, -0.05) is 18.2 Å². The average molecular weight is 173 g/mol. The van der Waals surface area contributed by atoms with Crippen molar-refractivity contribution in [3.05, 3.63) is 48.2 Å². The number of hydrogen-bond donors (Lipinski definition) is 2. The van der Waals surface area contributed by atoms with E-state index in [1.807, 2.05) is 42.6 Å². The largest absolute Gasteiger partial charge is 0.392 e. The Morgan fingerprint density at radius 3 is 2.77 bits per heavy atom. The van der Waals surface area contributed by atoms with E-state index in [0.29, 0.717) is 0 Å². The zero-order valence-electron chi connectivity index (χ0n) is 7.20. The molecule has 0 aliphatic heterocycles. The molecule has 1 aromatic carbocycles. The molecule has 13 heavy (non-hydrogen) atoms. The van der Waals surface area contributed by atoms with Gasteiger partial charge in [0.25, 0.3) is 0 Å². The summed E-state index contributed by atoms with van der Waals surface area (Å²) < 4.78 is 0. The van der Waals surface area contributed by atoms with E-state index in [1.165, 1.54) is 0 Å². The Bertz CT molecular complexity index is 379. The lowest BCUT2D eigenvalue weighted by Gasteiger charge is -2.00. The van der Waals surface area contributed by atoms with Crippen molar-refractivity contribution in [1.82, 2.24) is 4.98 Å². The first-order valence-electron chi connectivity index (χ1n) is 4.24. The Kier molecular flexibility index (Phi) is 2.15. The molecule has 0 atom stereocenters. The van der Waals surface area contributed by atoms with Crippen molar-refractivity contribution in [2.45, 2.75) is 6.61 Å². The van der Waals surface area contributed by atoms with Gasteiger partial charge < -0.3 is 10.1 Å². The Morgan fingerprint density at radius 1 is 1.15 bits per heavy atom. The third kappa shape index (κ3) is 1.63. The molecule has 2 N–H and O–H groups in total. The van der Waals surface area contributed by atoms with Crippen LogP contribution in [0.15, 0.2) is 42.6 Å². The van der Waals surface area contributed by atoms with E-state index >= 15 is 0 Å². The summed E-state index contributed by atoms with van der Waals surface area (Å²) in [5, 5.41) is 8.95.